The van der Waals surface area contributed by atoms with Gasteiger partial charge in [-0.2, -0.15) is 0 Å². The molecule has 0 fully saturated rings. The quantitative estimate of drug-likeness (QED) is 0.818. The van der Waals surface area contributed by atoms with E-state index in [4.69, 9.17) is 14.2 Å². The highest BCUT2D eigenvalue weighted by Crippen LogP contribution is 2.43. The molecule has 2 rings (SSSR count). The van der Waals surface area contributed by atoms with Crippen LogP contribution in [0.25, 0.3) is 10.8 Å². The third kappa shape index (κ3) is 1.71. The number of benzene rings is 2. The predicted molar refractivity (Wildman–Crippen MR) is 63.7 cm³/mol. The standard InChI is InChI=1S/C13H13O4/c1-15-10-7-5-9(14)8-4-6-11(16-2)13(17-3)12(8)10/h4-7H,1-3H3. The summed E-state index contributed by atoms with van der Waals surface area (Å²) in [5.41, 5.74) is 0. The van der Waals surface area contributed by atoms with E-state index < -0.39 is 0 Å². The minimum Gasteiger partial charge on any atom is -0.496 e. The molecule has 0 aliphatic heterocycles. The van der Waals surface area contributed by atoms with Crippen LogP contribution >= 0.6 is 0 Å². The van der Waals surface area contributed by atoms with Gasteiger partial charge in [0.1, 0.15) is 5.75 Å². The number of hydrogen-bond acceptors (Lipinski definition) is 3. The Morgan fingerprint density at radius 2 is 1.47 bits per heavy atom. The molecule has 4 heteroatoms. The fraction of sp³-hybridized carbons (Fsp3) is 0.231. The molecule has 0 atom stereocenters. The fourth-order valence-electron chi connectivity index (χ4n) is 1.87. The number of methoxy groups -OCH3 is 3. The number of ether oxygens (including phenoxy) is 3. The first-order valence-electron chi connectivity index (χ1n) is 5.11. The SMILES string of the molecule is COc1ccc2c([O])ccc(OC)c2c1OC. The molecular weight excluding hydrogens is 220 g/mol. The lowest BCUT2D eigenvalue weighted by Gasteiger charge is -2.13. The van der Waals surface area contributed by atoms with Gasteiger partial charge in [-0.15, -0.1) is 0 Å². The van der Waals surface area contributed by atoms with Gasteiger partial charge in [0.2, 0.25) is 0 Å². The van der Waals surface area contributed by atoms with Crippen molar-refractivity contribution < 1.29 is 19.3 Å². The molecule has 4 nitrogen and oxygen atoms in total. The van der Waals surface area contributed by atoms with E-state index in [0.717, 1.165) is 0 Å². The van der Waals surface area contributed by atoms with Gasteiger partial charge >= 0.3 is 0 Å². The summed E-state index contributed by atoms with van der Waals surface area (Å²) in [6, 6.07) is 6.53. The predicted octanol–water partition coefficient (Wildman–Crippen LogP) is 3.01. The van der Waals surface area contributed by atoms with Crippen molar-refractivity contribution >= 4 is 10.8 Å². The summed E-state index contributed by atoms with van der Waals surface area (Å²) in [4.78, 5) is 0. The molecule has 1 radical (unpaired) electrons. The molecule has 0 N–H and O–H groups in total. The van der Waals surface area contributed by atoms with Gasteiger partial charge in [0, 0.05) is 5.39 Å². The van der Waals surface area contributed by atoms with Crippen LogP contribution in [0, 0.1) is 0 Å². The average molecular weight is 233 g/mol. The van der Waals surface area contributed by atoms with Crippen molar-refractivity contribution in [3.63, 3.8) is 0 Å². The monoisotopic (exact) mass is 233 g/mol. The smallest absolute Gasteiger partial charge is 0.186 e. The molecule has 0 saturated heterocycles. The van der Waals surface area contributed by atoms with Gasteiger partial charge in [0.15, 0.2) is 17.2 Å². The van der Waals surface area contributed by atoms with Crippen molar-refractivity contribution in [1.29, 1.82) is 0 Å². The molecule has 0 aromatic heterocycles. The first-order valence-corrected chi connectivity index (χ1v) is 5.11. The summed E-state index contributed by atoms with van der Waals surface area (Å²) < 4.78 is 15.8. The normalized spacial score (nSPS) is 10.3. The average Bonchev–Trinajstić information content (AvgIpc) is 2.38. The molecule has 0 aliphatic carbocycles. The van der Waals surface area contributed by atoms with E-state index in [2.05, 4.69) is 0 Å². The highest BCUT2D eigenvalue weighted by molar-refractivity contribution is 5.99. The molecule has 0 bridgehead atoms. The molecule has 0 aliphatic rings. The lowest BCUT2D eigenvalue weighted by Crippen LogP contribution is -1.93. The third-order valence-corrected chi connectivity index (χ3v) is 2.66. The van der Waals surface area contributed by atoms with Gasteiger partial charge in [-0.25, -0.2) is 0 Å². The van der Waals surface area contributed by atoms with Crippen molar-refractivity contribution in [3.8, 4) is 23.0 Å². The van der Waals surface area contributed by atoms with Crippen LogP contribution in [0.3, 0.4) is 0 Å². The number of hydrogen-bond donors (Lipinski definition) is 0. The number of fused-ring (bicyclic) bond motifs is 1. The Hall–Kier alpha value is -2.10. The van der Waals surface area contributed by atoms with Crippen LogP contribution in [-0.4, -0.2) is 21.3 Å². The van der Waals surface area contributed by atoms with Crippen LogP contribution in [0.4, 0.5) is 0 Å². The Morgan fingerprint density at radius 1 is 0.824 bits per heavy atom. The van der Waals surface area contributed by atoms with Gasteiger partial charge in [-0.1, -0.05) is 0 Å². The van der Waals surface area contributed by atoms with E-state index in [9.17, 15) is 5.11 Å². The largest absolute Gasteiger partial charge is 0.496 e. The summed E-state index contributed by atoms with van der Waals surface area (Å²) in [5.74, 6) is 1.61. The van der Waals surface area contributed by atoms with E-state index in [1.807, 2.05) is 0 Å². The van der Waals surface area contributed by atoms with Gasteiger partial charge in [0.25, 0.3) is 0 Å². The Morgan fingerprint density at radius 3 is 2.06 bits per heavy atom. The summed E-state index contributed by atoms with van der Waals surface area (Å²) >= 11 is 0. The number of rotatable bonds is 3. The van der Waals surface area contributed by atoms with Crippen LogP contribution in [0.15, 0.2) is 24.3 Å². The molecule has 0 amide bonds. The second kappa shape index (κ2) is 4.41. The first kappa shape index (κ1) is 11.4. The zero-order chi connectivity index (χ0) is 12.4. The van der Waals surface area contributed by atoms with Gasteiger partial charge in [-0.3, -0.25) is 5.11 Å². The zero-order valence-corrected chi connectivity index (χ0v) is 9.94. The minimum absolute atomic E-state index is 0.0678. The Balaban J connectivity index is 2.89. The summed E-state index contributed by atoms with van der Waals surface area (Å²) in [6.07, 6.45) is 0. The highest BCUT2D eigenvalue weighted by atomic mass is 16.5. The Bertz CT molecular complexity index is 549. The minimum atomic E-state index is -0.0678. The maximum atomic E-state index is 11.8. The van der Waals surface area contributed by atoms with E-state index in [-0.39, 0.29) is 5.75 Å². The topological polar surface area (TPSA) is 47.6 Å². The molecule has 0 saturated carbocycles. The van der Waals surface area contributed by atoms with Gasteiger partial charge < -0.3 is 14.2 Å². The van der Waals surface area contributed by atoms with Crippen LogP contribution < -0.4 is 14.2 Å². The highest BCUT2D eigenvalue weighted by Gasteiger charge is 2.16. The van der Waals surface area contributed by atoms with Crippen molar-refractivity contribution in [2.24, 2.45) is 0 Å². The molecule has 89 valence electrons. The fourth-order valence-corrected chi connectivity index (χ4v) is 1.87. The van der Waals surface area contributed by atoms with E-state index in [1.54, 1.807) is 32.4 Å². The van der Waals surface area contributed by atoms with E-state index in [1.165, 1.54) is 13.2 Å². The Kier molecular flexibility index (Phi) is 2.95. The van der Waals surface area contributed by atoms with Crippen LogP contribution in [0.2, 0.25) is 0 Å². The van der Waals surface area contributed by atoms with Crippen LogP contribution in [-0.2, 0) is 5.11 Å². The maximum Gasteiger partial charge on any atom is 0.186 e. The van der Waals surface area contributed by atoms with E-state index >= 15 is 0 Å². The van der Waals surface area contributed by atoms with Crippen molar-refractivity contribution in [3.05, 3.63) is 24.3 Å². The summed E-state index contributed by atoms with van der Waals surface area (Å²) in [6.45, 7) is 0. The van der Waals surface area contributed by atoms with Crippen LogP contribution in [0.5, 0.6) is 23.0 Å². The van der Waals surface area contributed by atoms with E-state index in [0.29, 0.717) is 28.0 Å². The van der Waals surface area contributed by atoms with Gasteiger partial charge in [0.05, 0.1) is 26.7 Å². The zero-order valence-electron chi connectivity index (χ0n) is 9.94. The maximum absolute atomic E-state index is 11.8. The molecule has 0 unspecified atom stereocenters. The molecule has 17 heavy (non-hydrogen) atoms. The Labute approximate surface area is 99.3 Å². The van der Waals surface area contributed by atoms with Crippen molar-refractivity contribution in [2.45, 2.75) is 0 Å². The second-order valence-corrected chi connectivity index (χ2v) is 3.49. The molecule has 0 heterocycles. The van der Waals surface area contributed by atoms with Crippen molar-refractivity contribution in [1.82, 2.24) is 0 Å². The lowest BCUT2D eigenvalue weighted by molar-refractivity contribution is 0.351. The molecular formula is C13H13O4. The lowest BCUT2D eigenvalue weighted by atomic mass is 10.1. The first-order chi connectivity index (χ1) is 8.22. The third-order valence-electron chi connectivity index (χ3n) is 2.66. The van der Waals surface area contributed by atoms with Crippen molar-refractivity contribution in [2.75, 3.05) is 21.3 Å². The van der Waals surface area contributed by atoms with Crippen LogP contribution in [0.1, 0.15) is 0 Å². The van der Waals surface area contributed by atoms with Gasteiger partial charge in [-0.05, 0) is 24.3 Å². The summed E-state index contributed by atoms with van der Waals surface area (Å²) in [7, 11) is 4.64. The molecule has 2 aromatic carbocycles. The molecule has 2 aromatic rings. The second-order valence-electron chi connectivity index (χ2n) is 3.49. The molecule has 0 spiro atoms. The summed E-state index contributed by atoms with van der Waals surface area (Å²) in [5, 5.41) is 13.0.